The number of amides is 1. The van der Waals surface area contributed by atoms with Crippen LogP contribution in [0.3, 0.4) is 0 Å². The van der Waals surface area contributed by atoms with Crippen LogP contribution in [0, 0.1) is 0 Å². The van der Waals surface area contributed by atoms with Gasteiger partial charge < -0.3 is 16.2 Å². The molecule has 0 radical (unpaired) electrons. The lowest BCUT2D eigenvalue weighted by molar-refractivity contribution is -0.119. The highest BCUT2D eigenvalue weighted by atomic mass is 32.1. The van der Waals surface area contributed by atoms with Crippen LogP contribution in [0.1, 0.15) is 19.4 Å². The maximum atomic E-state index is 11.0. The quantitative estimate of drug-likeness (QED) is 0.696. The van der Waals surface area contributed by atoms with E-state index in [0.717, 1.165) is 0 Å². The largest absolute Gasteiger partial charge is 0.492 e. The number of hydrogen-bond donors (Lipinski definition) is 2. The molecule has 0 atom stereocenters. The molecule has 0 aliphatic rings. The Morgan fingerprint density at radius 1 is 1.35 bits per heavy atom. The second-order valence-corrected chi connectivity index (χ2v) is 5.18. The average Bonchev–Trinajstić information content (AvgIpc) is 2.37. The minimum absolute atomic E-state index is 0.219. The molecule has 0 aliphatic carbocycles. The van der Waals surface area contributed by atoms with Gasteiger partial charge in [0.05, 0.1) is 12.1 Å². The van der Waals surface area contributed by atoms with Crippen molar-refractivity contribution in [3.63, 3.8) is 0 Å². The van der Waals surface area contributed by atoms with E-state index in [2.05, 4.69) is 0 Å². The summed E-state index contributed by atoms with van der Waals surface area (Å²) in [5, 5.41) is 0. The highest BCUT2D eigenvalue weighted by molar-refractivity contribution is 7.80. The van der Waals surface area contributed by atoms with Crippen molar-refractivity contribution in [3.05, 3.63) is 29.8 Å². The van der Waals surface area contributed by atoms with Gasteiger partial charge in [0.25, 0.3) is 0 Å². The first kappa shape index (κ1) is 16.4. The average molecular weight is 295 g/mol. The van der Waals surface area contributed by atoms with Gasteiger partial charge in [-0.15, -0.1) is 0 Å². The lowest BCUT2D eigenvalue weighted by atomic mass is 10.2. The second kappa shape index (κ2) is 7.81. The van der Waals surface area contributed by atoms with Crippen LogP contribution in [0.2, 0.25) is 0 Å². The summed E-state index contributed by atoms with van der Waals surface area (Å²) < 4.78 is 5.70. The maximum Gasteiger partial charge on any atom is 0.231 e. The Labute approximate surface area is 124 Å². The number of ether oxygens (including phenoxy) is 1. The van der Waals surface area contributed by atoms with E-state index in [9.17, 15) is 4.79 Å². The Balaban J connectivity index is 2.59. The number of carbonyl (C=O) groups is 1. The van der Waals surface area contributed by atoms with Gasteiger partial charge in [-0.3, -0.25) is 9.69 Å². The molecular formula is C14H21N3O2S. The smallest absolute Gasteiger partial charge is 0.231 e. The van der Waals surface area contributed by atoms with E-state index in [0.29, 0.717) is 29.5 Å². The van der Waals surface area contributed by atoms with Crippen LogP contribution in [0.5, 0.6) is 5.75 Å². The van der Waals surface area contributed by atoms with Crippen LogP contribution in [0.15, 0.2) is 24.3 Å². The minimum atomic E-state index is -0.345. The first-order chi connectivity index (χ1) is 9.41. The molecule has 20 heavy (non-hydrogen) atoms. The van der Waals surface area contributed by atoms with Gasteiger partial charge in [-0.1, -0.05) is 24.4 Å². The summed E-state index contributed by atoms with van der Waals surface area (Å²) in [6, 6.07) is 7.58. The summed E-state index contributed by atoms with van der Waals surface area (Å²) >= 11 is 4.98. The molecule has 1 aromatic rings. The topological polar surface area (TPSA) is 81.6 Å². The number of benzene rings is 1. The van der Waals surface area contributed by atoms with Gasteiger partial charge in [-0.25, -0.2) is 0 Å². The zero-order valence-electron chi connectivity index (χ0n) is 11.8. The van der Waals surface area contributed by atoms with Crippen molar-refractivity contribution in [2.24, 2.45) is 11.5 Å². The number of para-hydroxylation sites is 1. The van der Waals surface area contributed by atoms with Crippen molar-refractivity contribution in [1.29, 1.82) is 0 Å². The fourth-order valence-corrected chi connectivity index (χ4v) is 1.96. The summed E-state index contributed by atoms with van der Waals surface area (Å²) in [6.07, 6.45) is 0. The third-order valence-electron chi connectivity index (χ3n) is 2.88. The lowest BCUT2D eigenvalue weighted by Gasteiger charge is -2.25. The number of primary amides is 1. The van der Waals surface area contributed by atoms with Crippen LogP contribution < -0.4 is 16.2 Å². The molecule has 0 aliphatic heterocycles. The zero-order chi connectivity index (χ0) is 15.1. The second-order valence-electron chi connectivity index (χ2n) is 4.74. The highest BCUT2D eigenvalue weighted by Crippen LogP contribution is 2.17. The normalized spacial score (nSPS) is 10.8. The van der Waals surface area contributed by atoms with E-state index >= 15 is 0 Å². The third-order valence-corrected chi connectivity index (χ3v) is 3.10. The predicted molar refractivity (Wildman–Crippen MR) is 83.7 cm³/mol. The van der Waals surface area contributed by atoms with Gasteiger partial charge in [0.1, 0.15) is 17.3 Å². The summed E-state index contributed by atoms with van der Waals surface area (Å²) in [5.41, 5.74) is 11.6. The molecule has 0 fully saturated rings. The Morgan fingerprint density at radius 3 is 2.55 bits per heavy atom. The lowest BCUT2D eigenvalue weighted by Crippen LogP contribution is -2.40. The van der Waals surface area contributed by atoms with Crippen LogP contribution in [0.25, 0.3) is 0 Å². The molecule has 6 heteroatoms. The minimum Gasteiger partial charge on any atom is -0.492 e. The highest BCUT2D eigenvalue weighted by Gasteiger charge is 2.12. The maximum absolute atomic E-state index is 11.0. The number of hydrogen-bond acceptors (Lipinski definition) is 4. The van der Waals surface area contributed by atoms with Gasteiger partial charge >= 0.3 is 0 Å². The van der Waals surface area contributed by atoms with E-state index < -0.39 is 0 Å². The third kappa shape index (κ3) is 5.14. The first-order valence-electron chi connectivity index (χ1n) is 6.45. The standard InChI is InChI=1S/C14H21N3O2S/c1-10(2)17(9-13(15)18)7-8-19-12-6-4-3-5-11(12)14(16)20/h3-6,10H,7-9H2,1-2H3,(H2,15,18)(H2,16,20). The van der Waals surface area contributed by atoms with Crippen LogP contribution >= 0.6 is 12.2 Å². The van der Waals surface area contributed by atoms with Gasteiger partial charge in [-0.05, 0) is 26.0 Å². The van der Waals surface area contributed by atoms with Crippen LogP contribution in [-0.2, 0) is 4.79 Å². The van der Waals surface area contributed by atoms with Crippen molar-refractivity contribution < 1.29 is 9.53 Å². The molecule has 0 spiro atoms. The van der Waals surface area contributed by atoms with E-state index in [1.807, 2.05) is 43.0 Å². The predicted octanol–water partition coefficient (Wildman–Crippen LogP) is 0.895. The van der Waals surface area contributed by atoms with Gasteiger partial charge in [0.2, 0.25) is 5.91 Å². The Morgan fingerprint density at radius 2 is 2.00 bits per heavy atom. The summed E-state index contributed by atoms with van der Waals surface area (Å²) in [5.74, 6) is 0.310. The Kier molecular flexibility index (Phi) is 6.41. The molecule has 0 heterocycles. The number of nitrogens with zero attached hydrogens (tertiary/aromatic N) is 1. The van der Waals surface area contributed by atoms with Crippen molar-refractivity contribution in [1.82, 2.24) is 4.90 Å². The summed E-state index contributed by atoms with van der Waals surface area (Å²) in [4.78, 5) is 13.3. The number of rotatable bonds is 8. The van der Waals surface area contributed by atoms with E-state index in [-0.39, 0.29) is 18.5 Å². The molecular weight excluding hydrogens is 274 g/mol. The molecule has 0 saturated carbocycles. The van der Waals surface area contributed by atoms with Gasteiger partial charge in [0.15, 0.2) is 0 Å². The van der Waals surface area contributed by atoms with Crippen molar-refractivity contribution in [2.75, 3.05) is 19.7 Å². The molecule has 5 nitrogen and oxygen atoms in total. The molecule has 1 rings (SSSR count). The van der Waals surface area contributed by atoms with Crippen molar-refractivity contribution >= 4 is 23.1 Å². The van der Waals surface area contributed by atoms with Gasteiger partial charge in [-0.2, -0.15) is 0 Å². The monoisotopic (exact) mass is 295 g/mol. The summed E-state index contributed by atoms with van der Waals surface area (Å²) in [7, 11) is 0. The number of thiocarbonyl (C=S) groups is 1. The number of carbonyl (C=O) groups excluding carboxylic acids is 1. The SMILES string of the molecule is CC(C)N(CCOc1ccccc1C(N)=S)CC(N)=O. The Hall–Kier alpha value is -1.66. The summed E-state index contributed by atoms with van der Waals surface area (Å²) in [6.45, 7) is 5.27. The first-order valence-corrected chi connectivity index (χ1v) is 6.86. The molecule has 1 aromatic carbocycles. The molecule has 0 aromatic heterocycles. The molecule has 0 unspecified atom stereocenters. The van der Waals surface area contributed by atoms with Crippen LogP contribution in [0.4, 0.5) is 0 Å². The van der Waals surface area contributed by atoms with E-state index in [4.69, 9.17) is 28.4 Å². The van der Waals surface area contributed by atoms with E-state index in [1.165, 1.54) is 0 Å². The van der Waals surface area contributed by atoms with Crippen molar-refractivity contribution in [3.8, 4) is 5.75 Å². The van der Waals surface area contributed by atoms with Gasteiger partial charge in [0, 0.05) is 12.6 Å². The van der Waals surface area contributed by atoms with Crippen molar-refractivity contribution in [2.45, 2.75) is 19.9 Å². The molecule has 4 N–H and O–H groups in total. The van der Waals surface area contributed by atoms with Crippen LogP contribution in [-0.4, -0.2) is 41.5 Å². The molecule has 110 valence electrons. The molecule has 1 amide bonds. The molecule has 0 saturated heterocycles. The fraction of sp³-hybridized carbons (Fsp3) is 0.429. The Bertz CT molecular complexity index is 477. The fourth-order valence-electron chi connectivity index (χ4n) is 1.79. The van der Waals surface area contributed by atoms with E-state index in [1.54, 1.807) is 0 Å². The molecule has 0 bridgehead atoms. The zero-order valence-corrected chi connectivity index (χ0v) is 12.7. The number of nitrogens with two attached hydrogens (primary N) is 2.